The molecule has 2 N–H and O–H groups in total. The number of ether oxygens (including phenoxy) is 1. The van der Waals surface area contributed by atoms with Crippen LogP contribution in [0.25, 0.3) is 0 Å². The molecule has 0 saturated carbocycles. The van der Waals surface area contributed by atoms with E-state index in [0.29, 0.717) is 19.5 Å². The van der Waals surface area contributed by atoms with Gasteiger partial charge in [-0.2, -0.15) is 0 Å². The molecule has 0 spiro atoms. The van der Waals surface area contributed by atoms with E-state index in [4.69, 9.17) is 18.5 Å². The first-order chi connectivity index (χ1) is 12.3. The van der Waals surface area contributed by atoms with Crippen molar-refractivity contribution in [3.05, 3.63) is 0 Å². The Labute approximate surface area is 155 Å². The summed E-state index contributed by atoms with van der Waals surface area (Å²) in [4.78, 5) is 10.6. The molecule has 144 valence electrons. The fraction of sp³-hybridized carbons (Fsp3) is 0.938. The molecule has 1 saturated heterocycles. The van der Waals surface area contributed by atoms with Gasteiger partial charge in [0.15, 0.2) is 8.45 Å². The highest BCUT2D eigenvalue weighted by atomic mass is 31.2. The average molecular weight is 377 g/mol. The van der Waals surface area contributed by atoms with E-state index in [0.717, 1.165) is 6.29 Å². The van der Waals surface area contributed by atoms with E-state index in [9.17, 15) is 9.18 Å². The van der Waals surface area contributed by atoms with Gasteiger partial charge in [-0.3, -0.25) is 5.09 Å². The van der Waals surface area contributed by atoms with Gasteiger partial charge in [0.05, 0.1) is 18.8 Å². The van der Waals surface area contributed by atoms with Gasteiger partial charge in [-0.1, -0.05) is 6.90 Å². The third-order valence-electron chi connectivity index (χ3n) is 3.91. The van der Waals surface area contributed by atoms with Crippen LogP contribution >= 0.6 is 8.45 Å². The second-order valence-electron chi connectivity index (χ2n) is 6.56. The molecular weight excluding hydrogens is 343 g/mol. The van der Waals surface area contributed by atoms with Crippen molar-refractivity contribution in [2.45, 2.75) is 77.4 Å². The lowest BCUT2D eigenvalue weighted by atomic mass is 9.93. The number of likely N-dealkylation sites (N-methyl/N-ethyl adjacent to an activating group) is 1. The van der Waals surface area contributed by atoms with Crippen LogP contribution in [-0.4, -0.2) is 74.9 Å². The molecule has 1 rings (SSSR count). The van der Waals surface area contributed by atoms with E-state index in [2.05, 4.69) is 42.8 Å². The summed E-state index contributed by atoms with van der Waals surface area (Å²) in [5, 5.41) is 6.29. The zero-order valence-corrected chi connectivity index (χ0v) is 16.5. The largest absolute Gasteiger partial charge is 0.378 e. The fourth-order valence-electron chi connectivity index (χ4n) is 2.90. The first-order valence-electron chi connectivity index (χ1n) is 9.50. The van der Waals surface area contributed by atoms with Crippen molar-refractivity contribution in [3.8, 4) is 0 Å². The maximum atomic E-state index is 14.3. The van der Waals surface area contributed by atoms with Gasteiger partial charge in [0.1, 0.15) is 20.3 Å². The van der Waals surface area contributed by atoms with Gasteiger partial charge < -0.3 is 19.4 Å². The van der Waals surface area contributed by atoms with Gasteiger partial charge >= 0.3 is 0 Å². The van der Waals surface area contributed by atoms with Crippen LogP contribution in [0.5, 0.6) is 0 Å². The molecule has 25 heavy (non-hydrogen) atoms. The summed E-state index contributed by atoms with van der Waals surface area (Å²) in [6, 6.07) is -1.10. The quantitative estimate of drug-likeness (QED) is 0.234. The van der Waals surface area contributed by atoms with Gasteiger partial charge in [-0.25, -0.2) is 9.06 Å². The number of rotatable bonds is 12. The molecule has 0 amide bonds. The van der Waals surface area contributed by atoms with Gasteiger partial charge in [0, 0.05) is 32.4 Å². The maximum absolute atomic E-state index is 14.3. The summed E-state index contributed by atoms with van der Waals surface area (Å²) in [7, 11) is 4.52. The minimum absolute atomic E-state index is 0.153. The number of nitrogens with one attached hydrogen (secondary N) is 2. The third-order valence-corrected chi connectivity index (χ3v) is 6.14. The topological polar surface area (TPSA) is 62.8 Å². The lowest BCUT2D eigenvalue weighted by Gasteiger charge is -2.37. The zero-order chi connectivity index (χ0) is 19.7. The van der Waals surface area contributed by atoms with Crippen LogP contribution in [0.4, 0.5) is 4.39 Å². The molecule has 9 heteroatoms. The van der Waals surface area contributed by atoms with E-state index < -0.39 is 32.8 Å². The molecule has 3 unspecified atom stereocenters. The summed E-state index contributed by atoms with van der Waals surface area (Å²) in [6.07, 6.45) is -0.596. The van der Waals surface area contributed by atoms with E-state index in [-0.39, 0.29) is 25.6 Å². The van der Waals surface area contributed by atoms with Crippen LogP contribution in [0.15, 0.2) is 0 Å². The molecular formula is C16H32BFN3O3P. The minimum Gasteiger partial charge on any atom is -0.378 e. The van der Waals surface area contributed by atoms with Crippen molar-refractivity contribution in [3.63, 3.8) is 0 Å². The highest BCUT2D eigenvalue weighted by Gasteiger charge is 2.42. The van der Waals surface area contributed by atoms with Gasteiger partial charge in [0.25, 0.3) is 0 Å². The predicted molar refractivity (Wildman–Crippen MR) is 100 cm³/mol. The lowest BCUT2D eigenvalue weighted by Crippen LogP contribution is -2.45. The van der Waals surface area contributed by atoms with Crippen LogP contribution in [0.1, 0.15) is 42.4 Å². The van der Waals surface area contributed by atoms with Crippen LogP contribution < -0.4 is 10.4 Å². The highest BCUT2D eigenvalue weighted by molar-refractivity contribution is 7.47. The smallest absolute Gasteiger partial charge is 0.185 e. The van der Waals surface area contributed by atoms with E-state index in [1.807, 2.05) is 0 Å². The fourth-order valence-corrected chi connectivity index (χ4v) is 4.73. The van der Waals surface area contributed by atoms with Gasteiger partial charge in [-0.15, -0.1) is 0 Å². The van der Waals surface area contributed by atoms with Crippen LogP contribution in [0.3, 0.4) is 0 Å². The minimum atomic E-state index is -1.34. The Morgan fingerprint density at radius 3 is 2.68 bits per heavy atom. The molecule has 1 aliphatic rings. The number of nitrogens with zero attached hydrogens (tertiary/aromatic N) is 1. The van der Waals surface area contributed by atoms with Crippen LogP contribution in [0.2, 0.25) is 0 Å². The molecule has 0 bridgehead atoms. The van der Waals surface area contributed by atoms with Crippen molar-refractivity contribution in [1.29, 1.82) is 0 Å². The van der Waals surface area contributed by atoms with Gasteiger partial charge in [-0.05, 0) is 34.2 Å². The van der Waals surface area contributed by atoms with Crippen molar-refractivity contribution in [2.75, 3.05) is 19.7 Å². The molecule has 1 heterocycles. The Morgan fingerprint density at radius 2 is 2.12 bits per heavy atom. The number of carbonyl (C=O) groups is 1. The third kappa shape index (κ3) is 6.85. The van der Waals surface area contributed by atoms with E-state index >= 15 is 0 Å². The molecule has 2 radical (unpaired) electrons. The molecule has 0 aromatic carbocycles. The maximum Gasteiger partial charge on any atom is 0.185 e. The number of carbonyl (C=O) groups excluding carboxylic acids is 1. The van der Waals surface area contributed by atoms with Gasteiger partial charge in [0.2, 0.25) is 0 Å². The molecule has 5 atom stereocenters. The Kier molecular flexibility index (Phi) is 9.81. The molecule has 1 fully saturated rings. The van der Waals surface area contributed by atoms with Crippen LogP contribution in [-0.2, 0) is 14.1 Å². The van der Waals surface area contributed by atoms with Crippen molar-refractivity contribution < 1.29 is 19.8 Å². The Balaban J connectivity index is 2.74. The van der Waals surface area contributed by atoms with Crippen molar-refractivity contribution in [2.24, 2.45) is 0 Å². The number of aldehydes is 1. The highest BCUT2D eigenvalue weighted by Crippen LogP contribution is 2.41. The Bertz CT molecular complexity index is 407. The molecule has 0 aromatic heterocycles. The van der Waals surface area contributed by atoms with E-state index in [1.54, 1.807) is 0 Å². The SMILES string of the molecule is [3H]CCNC1[C@@H](F)C([B])O[C@@H]1COP(NCCC=O)N(C(C)C)C(C)C. The standard InChI is InChI=1S/C16H32BFN3O3P/c1-6-19-15-13(24-16(17)14(15)18)10-23-25(20-8-7-9-22)21(11(2)3)12(4)5/h9,11-16,19-20H,6-8,10H2,1-5H3/t13-,14-,15?,16?,25?/m1/s1/i1T. The zero-order valence-electron chi connectivity index (χ0n) is 16.7. The van der Waals surface area contributed by atoms with Crippen molar-refractivity contribution in [1.82, 2.24) is 15.1 Å². The second-order valence-corrected chi connectivity index (χ2v) is 8.15. The Hall–Kier alpha value is -0.105. The Morgan fingerprint density at radius 1 is 1.44 bits per heavy atom. The second kappa shape index (κ2) is 11.6. The van der Waals surface area contributed by atoms with E-state index in [1.165, 1.54) is 0 Å². The lowest BCUT2D eigenvalue weighted by molar-refractivity contribution is -0.107. The number of halogens is 1. The summed E-state index contributed by atoms with van der Waals surface area (Å²) >= 11 is 0. The average Bonchev–Trinajstić information content (AvgIpc) is 2.84. The monoisotopic (exact) mass is 377 g/mol. The summed E-state index contributed by atoms with van der Waals surface area (Å²) in [5.41, 5.74) is 0. The normalized spacial score (nSPS) is 28.7. The molecule has 0 aliphatic carbocycles. The number of alkyl halides is 1. The predicted octanol–water partition coefficient (Wildman–Crippen LogP) is 1.74. The number of hydrogen-bond acceptors (Lipinski definition) is 6. The van der Waals surface area contributed by atoms with Crippen LogP contribution in [0, 0.1) is 0 Å². The molecule has 6 nitrogen and oxygen atoms in total. The summed E-state index contributed by atoms with van der Waals surface area (Å²) in [6.45, 7) is 9.55. The van der Waals surface area contributed by atoms with Crippen molar-refractivity contribution >= 4 is 22.6 Å². The molecule has 0 aromatic rings. The molecule has 1 aliphatic heterocycles. The first kappa shape index (κ1) is 21.2. The summed E-state index contributed by atoms with van der Waals surface area (Å²) in [5.74, 6) is 0. The summed E-state index contributed by atoms with van der Waals surface area (Å²) < 4.78 is 35.3. The first-order valence-corrected chi connectivity index (χ1v) is 10.0. The number of hydrogen-bond donors (Lipinski definition) is 2.